The fourth-order valence-electron chi connectivity index (χ4n) is 6.85. The number of aliphatic imine (C=N–C) groups is 1. The van der Waals surface area contributed by atoms with Crippen molar-refractivity contribution in [2.45, 2.75) is 69.1 Å². The third-order valence-electron chi connectivity index (χ3n) is 8.56. The Morgan fingerprint density at radius 2 is 1.92 bits per heavy atom. The highest BCUT2D eigenvalue weighted by Crippen LogP contribution is 2.42. The third-order valence-corrected chi connectivity index (χ3v) is 8.56. The van der Waals surface area contributed by atoms with E-state index in [9.17, 15) is 24.6 Å². The molecule has 1 aromatic carbocycles. The molecule has 38 heavy (non-hydrogen) atoms. The van der Waals surface area contributed by atoms with Gasteiger partial charge in [0, 0.05) is 18.4 Å². The Morgan fingerprint density at radius 3 is 2.63 bits per heavy atom. The summed E-state index contributed by atoms with van der Waals surface area (Å²) in [4.78, 5) is 48.1. The van der Waals surface area contributed by atoms with E-state index in [0.717, 1.165) is 28.9 Å². The number of rotatable bonds is 4. The van der Waals surface area contributed by atoms with Crippen LogP contribution in [0.25, 0.3) is 0 Å². The Morgan fingerprint density at radius 1 is 1.21 bits per heavy atom. The van der Waals surface area contributed by atoms with E-state index in [-0.39, 0.29) is 55.1 Å². The van der Waals surface area contributed by atoms with Crippen molar-refractivity contribution >= 4 is 29.6 Å². The van der Waals surface area contributed by atoms with Gasteiger partial charge in [0.15, 0.2) is 12.0 Å². The molecule has 0 bridgehead atoms. The van der Waals surface area contributed by atoms with Crippen molar-refractivity contribution in [3.63, 3.8) is 0 Å². The molecule has 4 heterocycles. The number of amides is 3. The number of nitrogens with two attached hydrogens (primary N) is 2. The highest BCUT2D eigenvalue weighted by Gasteiger charge is 2.76. The zero-order valence-corrected chi connectivity index (χ0v) is 21.3. The fourth-order valence-corrected chi connectivity index (χ4v) is 6.85. The summed E-state index contributed by atoms with van der Waals surface area (Å²) in [5.74, 6) is -3.61. The summed E-state index contributed by atoms with van der Waals surface area (Å²) >= 11 is 0. The molecule has 4 atom stereocenters. The average molecular weight is 526 g/mol. The van der Waals surface area contributed by atoms with Gasteiger partial charge in [-0.15, -0.1) is 0 Å². The maximum Gasteiger partial charge on any atom is 0.343 e. The molecule has 202 valence electrons. The minimum Gasteiger partial charge on any atom is -0.370 e. The predicted octanol–water partition coefficient (Wildman–Crippen LogP) is -4.18. The first-order valence-electron chi connectivity index (χ1n) is 12.8. The molecule has 4 aliphatic heterocycles. The van der Waals surface area contributed by atoms with Crippen LogP contribution in [0.15, 0.2) is 23.2 Å². The number of hydrogen-bond donors (Lipinski definition) is 7. The number of aliphatic hydroxyl groups is 2. The SMILES string of the molecule is CC1(C)Cc2cccc(C(=O)NC3CN4C(N)=N[C@@H](CN5C(=O)CCC5=O)[C@@H]5[NH+]=C(N)N[C@@]54C3(O)O)c2C1. The van der Waals surface area contributed by atoms with Gasteiger partial charge in [0.25, 0.3) is 11.6 Å². The molecule has 13 nitrogen and oxygen atoms in total. The molecule has 2 fully saturated rings. The smallest absolute Gasteiger partial charge is 0.343 e. The van der Waals surface area contributed by atoms with Crippen molar-refractivity contribution in [2.75, 3.05) is 13.1 Å². The van der Waals surface area contributed by atoms with Crippen molar-refractivity contribution < 1.29 is 29.6 Å². The molecule has 0 saturated carbocycles. The van der Waals surface area contributed by atoms with E-state index in [1.165, 1.54) is 4.90 Å². The molecule has 2 saturated heterocycles. The number of benzene rings is 1. The summed E-state index contributed by atoms with van der Waals surface area (Å²) in [5.41, 5.74) is 13.3. The van der Waals surface area contributed by atoms with E-state index >= 15 is 0 Å². The summed E-state index contributed by atoms with van der Waals surface area (Å²) in [6.45, 7) is 4.13. The summed E-state index contributed by atoms with van der Waals surface area (Å²) in [6.07, 6.45) is 1.83. The van der Waals surface area contributed by atoms with E-state index in [4.69, 9.17) is 11.5 Å². The molecular weight excluding hydrogens is 492 g/mol. The quantitative estimate of drug-likeness (QED) is 0.150. The highest BCUT2D eigenvalue weighted by atomic mass is 16.5. The Labute approximate surface area is 218 Å². The van der Waals surface area contributed by atoms with E-state index in [1.54, 1.807) is 6.07 Å². The lowest BCUT2D eigenvalue weighted by Crippen LogP contribution is -2.90. The number of carbonyl (C=O) groups is 3. The largest absolute Gasteiger partial charge is 0.370 e. The van der Waals surface area contributed by atoms with E-state index < -0.39 is 35.5 Å². The van der Waals surface area contributed by atoms with Crippen LogP contribution in [-0.4, -0.2) is 92.3 Å². The maximum atomic E-state index is 13.5. The van der Waals surface area contributed by atoms with Gasteiger partial charge in [0.1, 0.15) is 12.1 Å². The lowest BCUT2D eigenvalue weighted by atomic mass is 9.84. The van der Waals surface area contributed by atoms with Gasteiger partial charge >= 0.3 is 5.96 Å². The molecule has 0 radical (unpaired) electrons. The molecule has 1 spiro atoms. The number of nitrogens with one attached hydrogen (secondary N) is 3. The first kappa shape index (κ1) is 24.6. The van der Waals surface area contributed by atoms with Crippen molar-refractivity contribution in [1.82, 2.24) is 20.4 Å². The summed E-state index contributed by atoms with van der Waals surface area (Å²) in [7, 11) is 0. The van der Waals surface area contributed by atoms with Crippen LogP contribution in [0.3, 0.4) is 0 Å². The lowest BCUT2D eigenvalue weighted by molar-refractivity contribution is -0.521. The first-order valence-corrected chi connectivity index (χ1v) is 12.8. The second kappa shape index (κ2) is 7.90. The van der Waals surface area contributed by atoms with Crippen LogP contribution in [0.1, 0.15) is 48.2 Å². The van der Waals surface area contributed by atoms with Gasteiger partial charge in [0.05, 0.1) is 13.1 Å². The maximum absolute atomic E-state index is 13.5. The molecule has 0 aromatic heterocycles. The first-order chi connectivity index (χ1) is 17.8. The fraction of sp³-hybridized carbons (Fsp3) is 0.560. The van der Waals surface area contributed by atoms with Gasteiger partial charge in [-0.05, 0) is 35.4 Å². The van der Waals surface area contributed by atoms with Crippen molar-refractivity contribution in [3.8, 4) is 0 Å². The van der Waals surface area contributed by atoms with E-state index in [1.807, 2.05) is 12.1 Å². The van der Waals surface area contributed by atoms with Crippen LogP contribution in [-0.2, 0) is 22.4 Å². The van der Waals surface area contributed by atoms with Crippen LogP contribution in [0.2, 0.25) is 0 Å². The zero-order chi connectivity index (χ0) is 27.2. The molecule has 5 aliphatic rings. The monoisotopic (exact) mass is 525 g/mol. The van der Waals surface area contributed by atoms with Gasteiger partial charge in [-0.25, -0.2) is 10.3 Å². The molecule has 9 N–H and O–H groups in total. The minimum atomic E-state index is -2.57. The zero-order valence-electron chi connectivity index (χ0n) is 21.3. The molecule has 1 aliphatic carbocycles. The van der Waals surface area contributed by atoms with Gasteiger partial charge in [-0.1, -0.05) is 26.0 Å². The Balaban J connectivity index is 1.31. The standard InChI is InChI=1S/C25H32N8O5/c1-23(2)8-12-4-3-5-13(14(12)9-23)20(36)29-16-11-33-22(27)28-15(10-32-17(34)6-7-18(32)35)19-24(33,25(16,37)38)31-21(26)30-19/h3-5,15-16,19,37-38H,6-11H2,1-2H3,(H2,27,28)(H,29,36)(H3,26,30,31)/p+1/t15-,16?,19-,24-/m0/s1. The minimum absolute atomic E-state index is 0.0269. The van der Waals surface area contributed by atoms with Crippen molar-refractivity contribution in [3.05, 3.63) is 34.9 Å². The third kappa shape index (κ3) is 3.34. The normalized spacial score (nSPS) is 32.4. The number of guanidine groups is 2. The van der Waals surface area contributed by atoms with Crippen LogP contribution in [0, 0.1) is 5.41 Å². The number of imide groups is 1. The van der Waals surface area contributed by atoms with Crippen molar-refractivity contribution in [1.29, 1.82) is 0 Å². The molecular formula is C25H33N8O5+. The predicted molar refractivity (Wildman–Crippen MR) is 134 cm³/mol. The molecule has 3 amide bonds. The van der Waals surface area contributed by atoms with Crippen LogP contribution in [0.4, 0.5) is 0 Å². The summed E-state index contributed by atoms with van der Waals surface area (Å²) in [5, 5.41) is 29.1. The number of fused-ring (bicyclic) bond motifs is 1. The van der Waals surface area contributed by atoms with E-state index in [2.05, 4.69) is 34.5 Å². The average Bonchev–Trinajstić information content (AvgIpc) is 3.52. The van der Waals surface area contributed by atoms with Gasteiger partial charge in [0.2, 0.25) is 17.6 Å². The number of hydrogen-bond acceptors (Lipinski definition) is 10. The van der Waals surface area contributed by atoms with Crippen molar-refractivity contribution in [2.24, 2.45) is 21.9 Å². The topological polar surface area (TPSA) is 201 Å². The van der Waals surface area contributed by atoms with Gasteiger partial charge in [-0.2, -0.15) is 0 Å². The second-order valence-corrected chi connectivity index (χ2v) is 11.7. The summed E-state index contributed by atoms with van der Waals surface area (Å²) in [6, 6.07) is 2.72. The number of likely N-dealkylation sites (tertiary alicyclic amines) is 1. The second-order valence-electron chi connectivity index (χ2n) is 11.7. The Bertz CT molecular complexity index is 1310. The number of nitrogens with zero attached hydrogens (tertiary/aromatic N) is 3. The molecule has 1 unspecified atom stereocenters. The van der Waals surface area contributed by atoms with Crippen LogP contribution < -0.4 is 27.1 Å². The number of carbonyl (C=O) groups excluding carboxylic acids is 3. The van der Waals surface area contributed by atoms with Gasteiger partial charge < -0.3 is 21.3 Å². The van der Waals surface area contributed by atoms with Crippen LogP contribution in [0.5, 0.6) is 0 Å². The summed E-state index contributed by atoms with van der Waals surface area (Å²) < 4.78 is 0. The Kier molecular flexibility index (Phi) is 5.12. The molecule has 6 rings (SSSR count). The Hall–Kier alpha value is -3.71. The van der Waals surface area contributed by atoms with Crippen LogP contribution >= 0.6 is 0 Å². The molecule has 1 aromatic rings. The van der Waals surface area contributed by atoms with Gasteiger partial charge in [-0.3, -0.25) is 34.9 Å². The lowest BCUT2D eigenvalue weighted by Gasteiger charge is -2.46. The van der Waals surface area contributed by atoms with E-state index in [0.29, 0.717) is 5.56 Å². The molecule has 13 heteroatoms. The highest BCUT2D eigenvalue weighted by molar-refractivity contribution is 6.02.